The molecule has 134 valence electrons. The maximum absolute atomic E-state index is 12.8. The molecule has 3 rings (SSSR count). The third kappa shape index (κ3) is 3.87. The van der Waals surface area contributed by atoms with Gasteiger partial charge in [-0.2, -0.15) is 4.98 Å². The summed E-state index contributed by atoms with van der Waals surface area (Å²) in [6.45, 7) is 4.10. The van der Waals surface area contributed by atoms with Crippen molar-refractivity contribution in [2.75, 3.05) is 30.9 Å². The van der Waals surface area contributed by atoms with Gasteiger partial charge in [-0.1, -0.05) is 36.2 Å². The van der Waals surface area contributed by atoms with Crippen LogP contribution in [0.2, 0.25) is 5.02 Å². The number of carbonyl (C=O) groups excluding carboxylic acids is 1. The van der Waals surface area contributed by atoms with Crippen molar-refractivity contribution in [2.45, 2.75) is 37.6 Å². The summed E-state index contributed by atoms with van der Waals surface area (Å²) >= 11 is 7.81. The molecule has 1 fully saturated rings. The first-order valence-electron chi connectivity index (χ1n) is 8.80. The number of halogens is 1. The highest BCUT2D eigenvalue weighted by Crippen LogP contribution is 2.36. The van der Waals surface area contributed by atoms with Gasteiger partial charge in [-0.15, -0.1) is 0 Å². The number of aromatic amines is 1. The van der Waals surface area contributed by atoms with Crippen molar-refractivity contribution in [2.24, 2.45) is 0 Å². The third-order valence-corrected chi connectivity index (χ3v) is 5.50. The van der Waals surface area contributed by atoms with Gasteiger partial charge in [-0.3, -0.25) is 0 Å². The standard InChI is InChI=1S/C19H23ClN2O2S/c1-3-24-19(23)16-17(22-10-6-4-5-7-11-22)14-12-13(20)8-9-15(14)21-18(16)25-2/h8-9,12H,3-7,10-11H2,1-2H3/p+1. The number of nitrogens with one attached hydrogen (secondary N) is 1. The third-order valence-electron chi connectivity index (χ3n) is 4.55. The summed E-state index contributed by atoms with van der Waals surface area (Å²) in [6.07, 6.45) is 6.72. The topological polar surface area (TPSA) is 43.7 Å². The molecule has 1 aromatic heterocycles. The molecule has 4 nitrogen and oxygen atoms in total. The average molecular weight is 380 g/mol. The number of rotatable bonds is 4. The molecule has 2 aromatic rings. The van der Waals surface area contributed by atoms with Gasteiger partial charge < -0.3 is 9.64 Å². The minimum Gasteiger partial charge on any atom is -0.462 e. The zero-order valence-electron chi connectivity index (χ0n) is 14.7. The second kappa shape index (κ2) is 8.28. The van der Waals surface area contributed by atoms with Crippen LogP contribution in [0.5, 0.6) is 0 Å². The Morgan fingerprint density at radius 3 is 2.64 bits per heavy atom. The van der Waals surface area contributed by atoms with E-state index in [1.54, 1.807) is 0 Å². The molecule has 25 heavy (non-hydrogen) atoms. The number of anilines is 1. The lowest BCUT2D eigenvalue weighted by Crippen LogP contribution is -2.29. The molecule has 1 aromatic carbocycles. The molecular formula is C19H24ClN2O2S+. The summed E-state index contributed by atoms with van der Waals surface area (Å²) in [7, 11) is 0. The van der Waals surface area contributed by atoms with E-state index in [0.29, 0.717) is 17.2 Å². The number of hydrogen-bond donors (Lipinski definition) is 0. The normalized spacial score (nSPS) is 15.2. The molecule has 1 N–H and O–H groups in total. The highest BCUT2D eigenvalue weighted by Gasteiger charge is 2.30. The summed E-state index contributed by atoms with van der Waals surface area (Å²) in [6, 6.07) is 5.80. The SMILES string of the molecule is CCOC(=O)c1c(SC)[nH+]c2ccc(Cl)cc2c1N1CCCCCC1. The minimum atomic E-state index is -0.274. The summed E-state index contributed by atoms with van der Waals surface area (Å²) in [5.41, 5.74) is 2.58. The zero-order valence-corrected chi connectivity index (χ0v) is 16.3. The predicted octanol–water partition coefficient (Wildman–Crippen LogP) is 4.59. The van der Waals surface area contributed by atoms with Crippen molar-refractivity contribution < 1.29 is 14.5 Å². The van der Waals surface area contributed by atoms with Crippen molar-refractivity contribution >= 4 is 45.9 Å². The van der Waals surface area contributed by atoms with Gasteiger partial charge in [0.1, 0.15) is 0 Å². The Morgan fingerprint density at radius 2 is 2.00 bits per heavy atom. The molecule has 0 atom stereocenters. The summed E-state index contributed by atoms with van der Waals surface area (Å²) in [5, 5.41) is 2.49. The first-order valence-corrected chi connectivity index (χ1v) is 10.4. The maximum atomic E-state index is 12.8. The number of aromatic nitrogens is 1. The molecule has 1 saturated heterocycles. The van der Waals surface area contributed by atoms with Crippen LogP contribution in [0.3, 0.4) is 0 Å². The fourth-order valence-electron chi connectivity index (χ4n) is 3.42. The highest BCUT2D eigenvalue weighted by molar-refractivity contribution is 7.98. The lowest BCUT2D eigenvalue weighted by atomic mass is 10.1. The predicted molar refractivity (Wildman–Crippen MR) is 104 cm³/mol. The van der Waals surface area contributed by atoms with Gasteiger partial charge in [0.25, 0.3) is 5.03 Å². The molecule has 0 spiro atoms. The molecule has 0 unspecified atom stereocenters. The second-order valence-corrected chi connectivity index (χ2v) is 7.45. The van der Waals surface area contributed by atoms with E-state index >= 15 is 0 Å². The fourth-order valence-corrected chi connectivity index (χ4v) is 4.19. The monoisotopic (exact) mass is 379 g/mol. The molecule has 0 radical (unpaired) electrons. The number of benzene rings is 1. The molecule has 1 aliphatic rings. The quantitative estimate of drug-likeness (QED) is 0.575. The van der Waals surface area contributed by atoms with E-state index in [9.17, 15) is 4.79 Å². The summed E-state index contributed by atoms with van der Waals surface area (Å²) in [5.74, 6) is -0.274. The van der Waals surface area contributed by atoms with Gasteiger partial charge in [-0.05, 0) is 38.2 Å². The van der Waals surface area contributed by atoms with Gasteiger partial charge in [0.05, 0.1) is 17.7 Å². The molecule has 0 amide bonds. The van der Waals surface area contributed by atoms with Crippen molar-refractivity contribution in [1.82, 2.24) is 0 Å². The number of pyridine rings is 1. The van der Waals surface area contributed by atoms with Gasteiger partial charge in [-0.25, -0.2) is 4.79 Å². The minimum absolute atomic E-state index is 0.274. The van der Waals surface area contributed by atoms with Crippen LogP contribution in [0, 0.1) is 0 Å². The van der Waals surface area contributed by atoms with Crippen LogP contribution in [0.15, 0.2) is 23.2 Å². The number of fused-ring (bicyclic) bond motifs is 1. The smallest absolute Gasteiger partial charge is 0.347 e. The van der Waals surface area contributed by atoms with Crippen molar-refractivity contribution in [3.05, 3.63) is 28.8 Å². The van der Waals surface area contributed by atoms with E-state index in [1.165, 1.54) is 24.6 Å². The highest BCUT2D eigenvalue weighted by atomic mass is 35.5. The van der Waals surface area contributed by atoms with E-state index in [4.69, 9.17) is 16.3 Å². The molecule has 1 aliphatic heterocycles. The number of hydrogen-bond acceptors (Lipinski definition) is 4. The summed E-state index contributed by atoms with van der Waals surface area (Å²) < 4.78 is 5.38. The van der Waals surface area contributed by atoms with Crippen LogP contribution in [0.1, 0.15) is 43.0 Å². The first kappa shape index (κ1) is 18.3. The molecule has 0 aliphatic carbocycles. The molecule has 6 heteroatoms. The Hall–Kier alpha value is -1.46. The first-order chi connectivity index (χ1) is 12.2. The lowest BCUT2D eigenvalue weighted by Gasteiger charge is -2.25. The number of ether oxygens (including phenoxy) is 1. The van der Waals surface area contributed by atoms with Crippen LogP contribution in [-0.2, 0) is 4.74 Å². The van der Waals surface area contributed by atoms with Crippen LogP contribution in [0.25, 0.3) is 10.9 Å². The molecule has 0 saturated carbocycles. The van der Waals surface area contributed by atoms with E-state index in [-0.39, 0.29) is 5.97 Å². The Morgan fingerprint density at radius 1 is 1.28 bits per heavy atom. The van der Waals surface area contributed by atoms with E-state index in [1.807, 2.05) is 31.4 Å². The lowest BCUT2D eigenvalue weighted by molar-refractivity contribution is -0.395. The molecule has 2 heterocycles. The number of carbonyl (C=O) groups is 1. The van der Waals surface area contributed by atoms with Crippen LogP contribution in [0.4, 0.5) is 5.69 Å². The number of esters is 1. The largest absolute Gasteiger partial charge is 0.462 e. The Bertz CT molecular complexity index is 774. The number of H-pyrrole nitrogens is 1. The van der Waals surface area contributed by atoms with Crippen LogP contribution >= 0.6 is 23.4 Å². The van der Waals surface area contributed by atoms with Crippen LogP contribution < -0.4 is 9.88 Å². The number of thioether (sulfide) groups is 1. The van der Waals surface area contributed by atoms with E-state index < -0.39 is 0 Å². The van der Waals surface area contributed by atoms with Crippen molar-refractivity contribution in [3.8, 4) is 0 Å². The van der Waals surface area contributed by atoms with Crippen molar-refractivity contribution in [1.29, 1.82) is 0 Å². The van der Waals surface area contributed by atoms with Gasteiger partial charge in [0.15, 0.2) is 5.56 Å². The zero-order chi connectivity index (χ0) is 17.8. The average Bonchev–Trinajstić information content (AvgIpc) is 2.89. The van der Waals surface area contributed by atoms with Gasteiger partial charge >= 0.3 is 5.97 Å². The summed E-state index contributed by atoms with van der Waals surface area (Å²) in [4.78, 5) is 18.5. The van der Waals surface area contributed by atoms with E-state index in [0.717, 1.165) is 47.5 Å². The molecule has 0 bridgehead atoms. The number of nitrogens with zero attached hydrogens (tertiary/aromatic N) is 1. The second-order valence-electron chi connectivity index (χ2n) is 6.19. The van der Waals surface area contributed by atoms with Crippen LogP contribution in [-0.4, -0.2) is 31.9 Å². The van der Waals surface area contributed by atoms with E-state index in [2.05, 4.69) is 9.88 Å². The molecular weight excluding hydrogens is 356 g/mol. The fraction of sp³-hybridized carbons (Fsp3) is 0.474. The Balaban J connectivity index is 2.27. The van der Waals surface area contributed by atoms with Gasteiger partial charge in [0.2, 0.25) is 5.52 Å². The Labute approximate surface area is 157 Å². The maximum Gasteiger partial charge on any atom is 0.347 e. The van der Waals surface area contributed by atoms with Gasteiger partial charge in [0, 0.05) is 24.2 Å². The van der Waals surface area contributed by atoms with Crippen molar-refractivity contribution in [3.63, 3.8) is 0 Å². The Kier molecular flexibility index (Phi) is 6.07.